The van der Waals surface area contributed by atoms with Crippen LogP contribution in [0.15, 0.2) is 18.5 Å². The van der Waals surface area contributed by atoms with Crippen LogP contribution in [0.5, 0.6) is 0 Å². The lowest BCUT2D eigenvalue weighted by Gasteiger charge is -2.15. The summed E-state index contributed by atoms with van der Waals surface area (Å²) in [7, 11) is 0. The highest BCUT2D eigenvalue weighted by molar-refractivity contribution is 7.99. The summed E-state index contributed by atoms with van der Waals surface area (Å²) in [5.41, 5.74) is 1.48. The van der Waals surface area contributed by atoms with Crippen LogP contribution < -0.4 is 10.6 Å². The number of anilines is 1. The molecule has 0 aliphatic rings. The Kier molecular flexibility index (Phi) is 8.11. The minimum atomic E-state index is -0.0278. The van der Waals surface area contributed by atoms with Gasteiger partial charge in [0.1, 0.15) is 0 Å². The monoisotopic (exact) mass is 295 g/mol. The lowest BCUT2D eigenvalue weighted by atomic mass is 10.2. The first kappa shape index (κ1) is 16.8. The maximum atomic E-state index is 12.3. The number of aromatic nitrogens is 1. The zero-order valence-corrected chi connectivity index (χ0v) is 13.4. The van der Waals surface area contributed by atoms with E-state index in [0.29, 0.717) is 5.56 Å². The van der Waals surface area contributed by atoms with Crippen LogP contribution in [0, 0.1) is 0 Å². The summed E-state index contributed by atoms with van der Waals surface area (Å²) in [6.07, 6.45) is 5.37. The van der Waals surface area contributed by atoms with Crippen molar-refractivity contribution in [1.29, 1.82) is 0 Å². The van der Waals surface area contributed by atoms with Gasteiger partial charge in [0.2, 0.25) is 0 Å². The van der Waals surface area contributed by atoms with Crippen molar-refractivity contribution in [3.8, 4) is 0 Å². The van der Waals surface area contributed by atoms with Crippen LogP contribution in [0.3, 0.4) is 0 Å². The molecule has 0 aromatic carbocycles. The summed E-state index contributed by atoms with van der Waals surface area (Å²) in [4.78, 5) is 16.4. The minimum absolute atomic E-state index is 0.0278. The van der Waals surface area contributed by atoms with E-state index in [1.165, 1.54) is 0 Å². The molecule has 1 aromatic rings. The van der Waals surface area contributed by atoms with Gasteiger partial charge in [0.25, 0.3) is 5.91 Å². The summed E-state index contributed by atoms with van der Waals surface area (Å²) < 4.78 is 0. The summed E-state index contributed by atoms with van der Waals surface area (Å²) in [6.45, 7) is 7.14. The molecule has 1 rings (SSSR count). The van der Waals surface area contributed by atoms with Gasteiger partial charge in [0, 0.05) is 18.8 Å². The third-order valence-electron chi connectivity index (χ3n) is 2.91. The van der Waals surface area contributed by atoms with Crippen molar-refractivity contribution in [2.24, 2.45) is 0 Å². The summed E-state index contributed by atoms with van der Waals surface area (Å²) >= 11 is 1.90. The average molecular weight is 295 g/mol. The lowest BCUT2D eigenvalue weighted by Crippen LogP contribution is -2.33. The van der Waals surface area contributed by atoms with Gasteiger partial charge in [-0.2, -0.15) is 11.8 Å². The van der Waals surface area contributed by atoms with Crippen molar-refractivity contribution >= 4 is 23.4 Å². The van der Waals surface area contributed by atoms with Crippen molar-refractivity contribution in [2.45, 2.75) is 39.7 Å². The minimum Gasteiger partial charge on any atom is -0.383 e. The number of carbonyl (C=O) groups excluding carboxylic acids is 1. The Morgan fingerprint density at radius 3 is 2.95 bits per heavy atom. The van der Waals surface area contributed by atoms with Crippen LogP contribution >= 0.6 is 11.8 Å². The van der Waals surface area contributed by atoms with Crippen LogP contribution in [-0.4, -0.2) is 35.0 Å². The molecule has 0 aliphatic carbocycles. The summed E-state index contributed by atoms with van der Waals surface area (Å²) in [5.74, 6) is 2.17. The zero-order chi connectivity index (χ0) is 14.8. The molecule has 0 saturated heterocycles. The van der Waals surface area contributed by atoms with Gasteiger partial charge in [-0.15, -0.1) is 0 Å². The first-order valence-electron chi connectivity index (χ1n) is 7.25. The van der Waals surface area contributed by atoms with E-state index in [2.05, 4.69) is 36.4 Å². The van der Waals surface area contributed by atoms with Gasteiger partial charge in [-0.25, -0.2) is 0 Å². The second kappa shape index (κ2) is 9.64. The van der Waals surface area contributed by atoms with E-state index in [0.717, 1.165) is 36.6 Å². The van der Waals surface area contributed by atoms with E-state index in [1.807, 2.05) is 11.8 Å². The number of hydrogen-bond donors (Lipinski definition) is 2. The fraction of sp³-hybridized carbons (Fsp3) is 0.600. The van der Waals surface area contributed by atoms with Gasteiger partial charge in [0.15, 0.2) is 0 Å². The van der Waals surface area contributed by atoms with Crippen molar-refractivity contribution in [3.05, 3.63) is 24.0 Å². The number of amides is 1. The smallest absolute Gasteiger partial charge is 0.253 e. The fourth-order valence-electron chi connectivity index (χ4n) is 1.77. The molecule has 0 fully saturated rings. The predicted molar refractivity (Wildman–Crippen MR) is 87.6 cm³/mol. The van der Waals surface area contributed by atoms with Crippen LogP contribution in [0.25, 0.3) is 0 Å². The van der Waals surface area contributed by atoms with Crippen molar-refractivity contribution < 1.29 is 4.79 Å². The Bertz CT molecular complexity index is 412. The number of thioether (sulfide) groups is 1. The topological polar surface area (TPSA) is 54.0 Å². The molecule has 1 amide bonds. The Morgan fingerprint density at radius 2 is 2.25 bits per heavy atom. The van der Waals surface area contributed by atoms with Crippen LogP contribution in [0.4, 0.5) is 5.69 Å². The van der Waals surface area contributed by atoms with Gasteiger partial charge in [-0.05, 0) is 37.3 Å². The van der Waals surface area contributed by atoms with E-state index >= 15 is 0 Å². The van der Waals surface area contributed by atoms with Gasteiger partial charge in [0.05, 0.1) is 17.4 Å². The highest BCUT2D eigenvalue weighted by Gasteiger charge is 2.13. The Labute approximate surface area is 126 Å². The molecule has 112 valence electrons. The molecule has 0 bridgehead atoms. The van der Waals surface area contributed by atoms with Gasteiger partial charge in [-0.3, -0.25) is 9.78 Å². The molecule has 0 spiro atoms. The number of carbonyl (C=O) groups is 1. The SMILES string of the molecule is CCCNc1cnccc1C(=O)NC(C)CCSCC. The molecular weight excluding hydrogens is 270 g/mol. The number of rotatable bonds is 9. The number of nitrogens with zero attached hydrogens (tertiary/aromatic N) is 1. The second-order valence-corrected chi connectivity index (χ2v) is 6.10. The molecule has 0 aliphatic heterocycles. The van der Waals surface area contributed by atoms with Gasteiger partial charge < -0.3 is 10.6 Å². The van der Waals surface area contributed by atoms with E-state index in [1.54, 1.807) is 18.5 Å². The highest BCUT2D eigenvalue weighted by Crippen LogP contribution is 2.14. The Balaban J connectivity index is 2.57. The second-order valence-electron chi connectivity index (χ2n) is 4.71. The quantitative estimate of drug-likeness (QED) is 0.687. The Hall–Kier alpha value is -1.23. The first-order chi connectivity index (χ1) is 9.69. The third kappa shape index (κ3) is 5.82. The Morgan fingerprint density at radius 1 is 1.45 bits per heavy atom. The molecule has 5 heteroatoms. The molecule has 0 radical (unpaired) electrons. The van der Waals surface area contributed by atoms with E-state index in [-0.39, 0.29) is 11.9 Å². The fourth-order valence-corrected chi connectivity index (χ4v) is 2.58. The summed E-state index contributed by atoms with van der Waals surface area (Å²) in [5, 5.41) is 6.29. The maximum Gasteiger partial charge on any atom is 0.253 e. The number of pyridine rings is 1. The molecule has 20 heavy (non-hydrogen) atoms. The van der Waals surface area contributed by atoms with Crippen molar-refractivity contribution in [2.75, 3.05) is 23.4 Å². The molecule has 0 saturated carbocycles. The lowest BCUT2D eigenvalue weighted by molar-refractivity contribution is 0.0940. The van der Waals surface area contributed by atoms with Crippen LogP contribution in [0.1, 0.15) is 44.0 Å². The van der Waals surface area contributed by atoms with E-state index in [9.17, 15) is 4.79 Å². The zero-order valence-electron chi connectivity index (χ0n) is 12.6. The predicted octanol–water partition coefficient (Wildman–Crippen LogP) is 3.17. The standard InChI is InChI=1S/C15H25N3OS/c1-4-8-17-14-11-16-9-6-13(14)15(19)18-12(3)7-10-20-5-2/h6,9,11-12,17H,4-5,7-8,10H2,1-3H3,(H,18,19). The molecule has 4 nitrogen and oxygen atoms in total. The maximum absolute atomic E-state index is 12.3. The highest BCUT2D eigenvalue weighted by atomic mass is 32.2. The van der Waals surface area contributed by atoms with E-state index < -0.39 is 0 Å². The van der Waals surface area contributed by atoms with Crippen LogP contribution in [-0.2, 0) is 0 Å². The largest absolute Gasteiger partial charge is 0.383 e. The van der Waals surface area contributed by atoms with E-state index in [4.69, 9.17) is 0 Å². The molecule has 1 aromatic heterocycles. The van der Waals surface area contributed by atoms with Crippen molar-refractivity contribution in [3.63, 3.8) is 0 Å². The third-order valence-corrected chi connectivity index (χ3v) is 3.84. The molecular formula is C15H25N3OS. The average Bonchev–Trinajstić information content (AvgIpc) is 2.45. The number of hydrogen-bond acceptors (Lipinski definition) is 4. The molecule has 1 unspecified atom stereocenters. The van der Waals surface area contributed by atoms with Crippen molar-refractivity contribution in [1.82, 2.24) is 10.3 Å². The van der Waals surface area contributed by atoms with Gasteiger partial charge in [-0.1, -0.05) is 13.8 Å². The first-order valence-corrected chi connectivity index (χ1v) is 8.41. The number of nitrogens with one attached hydrogen (secondary N) is 2. The van der Waals surface area contributed by atoms with Gasteiger partial charge >= 0.3 is 0 Å². The molecule has 1 heterocycles. The summed E-state index contributed by atoms with van der Waals surface area (Å²) in [6, 6.07) is 1.95. The van der Waals surface area contributed by atoms with Crippen LogP contribution in [0.2, 0.25) is 0 Å². The molecule has 1 atom stereocenters. The molecule has 2 N–H and O–H groups in total. The normalized spacial score (nSPS) is 11.9.